The number of hydrogen-bond donors (Lipinski definition) is 3. The fraction of sp³-hybridized carbons (Fsp3) is 0.250. The predicted octanol–water partition coefficient (Wildman–Crippen LogP) is 2.45. The second-order valence-corrected chi connectivity index (χ2v) is 7.10. The van der Waals surface area contributed by atoms with Gasteiger partial charge < -0.3 is 15.7 Å². The van der Waals surface area contributed by atoms with Gasteiger partial charge in [-0.2, -0.15) is 0 Å². The van der Waals surface area contributed by atoms with E-state index in [4.69, 9.17) is 0 Å². The smallest absolute Gasteiger partial charge is 0.326 e. The first kappa shape index (κ1) is 21.6. The lowest BCUT2D eigenvalue weighted by Gasteiger charge is -2.21. The van der Waals surface area contributed by atoms with Crippen LogP contribution in [0.25, 0.3) is 0 Å². The molecule has 28 heavy (non-hydrogen) atoms. The normalized spacial score (nSPS) is 12.7. The molecule has 0 heterocycles. The molecule has 0 saturated carbocycles. The van der Waals surface area contributed by atoms with E-state index in [1.165, 1.54) is 25.1 Å². The summed E-state index contributed by atoms with van der Waals surface area (Å²) in [6, 6.07) is 10.7. The van der Waals surface area contributed by atoms with Gasteiger partial charge in [-0.3, -0.25) is 9.59 Å². The van der Waals surface area contributed by atoms with Gasteiger partial charge in [0.1, 0.15) is 17.9 Å². The molecule has 2 aromatic rings. The van der Waals surface area contributed by atoms with E-state index in [2.05, 4.69) is 26.6 Å². The molecule has 3 N–H and O–H groups in total. The van der Waals surface area contributed by atoms with Gasteiger partial charge in [-0.25, -0.2) is 9.18 Å². The molecule has 8 heteroatoms. The molecule has 0 aromatic heterocycles. The quantitative estimate of drug-likeness (QED) is 0.575. The number of carbonyl (C=O) groups is 3. The lowest BCUT2D eigenvalue weighted by molar-refractivity contribution is -0.142. The SMILES string of the molecule is CC(=O)N[C@@H](Cc1ccccc1F)C(=O)N[C@@H](Cc1ccccc1Br)C(=O)O. The van der Waals surface area contributed by atoms with Gasteiger partial charge in [0, 0.05) is 24.2 Å². The molecule has 0 unspecified atom stereocenters. The zero-order valence-corrected chi connectivity index (χ0v) is 16.7. The Hall–Kier alpha value is -2.74. The number of amides is 2. The van der Waals surface area contributed by atoms with Crippen LogP contribution >= 0.6 is 15.9 Å². The third kappa shape index (κ3) is 6.16. The highest BCUT2D eigenvalue weighted by molar-refractivity contribution is 9.10. The Kier molecular flexibility index (Phi) is 7.69. The van der Waals surface area contributed by atoms with E-state index in [0.29, 0.717) is 5.56 Å². The van der Waals surface area contributed by atoms with E-state index in [1.807, 2.05) is 0 Å². The van der Waals surface area contributed by atoms with Gasteiger partial charge in [-0.15, -0.1) is 0 Å². The average Bonchev–Trinajstić information content (AvgIpc) is 2.63. The van der Waals surface area contributed by atoms with Crippen LogP contribution in [0.5, 0.6) is 0 Å². The number of carboxylic acids is 1. The van der Waals surface area contributed by atoms with E-state index in [9.17, 15) is 23.9 Å². The van der Waals surface area contributed by atoms with Gasteiger partial charge in [0.2, 0.25) is 11.8 Å². The number of aliphatic carboxylic acids is 1. The highest BCUT2D eigenvalue weighted by atomic mass is 79.9. The Morgan fingerprint density at radius 2 is 1.54 bits per heavy atom. The monoisotopic (exact) mass is 450 g/mol. The molecule has 0 bridgehead atoms. The highest BCUT2D eigenvalue weighted by Crippen LogP contribution is 2.18. The van der Waals surface area contributed by atoms with Crippen LogP contribution in [-0.4, -0.2) is 35.0 Å². The van der Waals surface area contributed by atoms with Crippen LogP contribution < -0.4 is 10.6 Å². The van der Waals surface area contributed by atoms with Crippen LogP contribution in [0.3, 0.4) is 0 Å². The summed E-state index contributed by atoms with van der Waals surface area (Å²) in [7, 11) is 0. The summed E-state index contributed by atoms with van der Waals surface area (Å²) < 4.78 is 14.7. The van der Waals surface area contributed by atoms with E-state index in [-0.39, 0.29) is 18.4 Å². The average molecular weight is 451 g/mol. The standard InChI is InChI=1S/C20H20BrFN2O4/c1-12(25)23-17(11-14-7-3-5-9-16(14)22)19(26)24-18(20(27)28)10-13-6-2-4-8-15(13)21/h2-9,17-18H,10-11H2,1H3,(H,23,25)(H,24,26)(H,27,28)/t17-,18-/m0/s1. The second kappa shape index (κ2) is 9.98. The Morgan fingerprint density at radius 3 is 2.11 bits per heavy atom. The lowest BCUT2D eigenvalue weighted by atomic mass is 10.0. The minimum absolute atomic E-state index is 0.0506. The number of rotatable bonds is 8. The van der Waals surface area contributed by atoms with Crippen molar-refractivity contribution in [3.63, 3.8) is 0 Å². The molecule has 148 valence electrons. The summed E-state index contributed by atoms with van der Waals surface area (Å²) in [5.41, 5.74) is 0.953. The first-order chi connectivity index (χ1) is 13.3. The van der Waals surface area contributed by atoms with Gasteiger partial charge in [0.15, 0.2) is 0 Å². The van der Waals surface area contributed by atoms with Crippen molar-refractivity contribution in [2.24, 2.45) is 0 Å². The van der Waals surface area contributed by atoms with Gasteiger partial charge >= 0.3 is 5.97 Å². The number of carboxylic acid groups (broad SMARTS) is 1. The summed E-state index contributed by atoms with van der Waals surface area (Å²) in [6.07, 6.45) is -0.0472. The molecule has 0 fully saturated rings. The predicted molar refractivity (Wildman–Crippen MR) is 105 cm³/mol. The van der Waals surface area contributed by atoms with Crippen LogP contribution in [0.2, 0.25) is 0 Å². The molecule has 2 amide bonds. The van der Waals surface area contributed by atoms with Crippen LogP contribution in [0.15, 0.2) is 53.0 Å². The number of nitrogens with one attached hydrogen (secondary N) is 2. The molecule has 0 spiro atoms. The minimum atomic E-state index is -1.21. The lowest BCUT2D eigenvalue weighted by Crippen LogP contribution is -2.52. The van der Waals surface area contributed by atoms with Crippen molar-refractivity contribution in [1.82, 2.24) is 10.6 Å². The highest BCUT2D eigenvalue weighted by Gasteiger charge is 2.27. The van der Waals surface area contributed by atoms with Gasteiger partial charge in [-0.05, 0) is 23.3 Å². The molecular formula is C20H20BrFN2O4. The molecular weight excluding hydrogens is 431 g/mol. The van der Waals surface area contributed by atoms with Gasteiger partial charge in [-0.1, -0.05) is 52.3 Å². The maximum Gasteiger partial charge on any atom is 0.326 e. The van der Waals surface area contributed by atoms with Crippen molar-refractivity contribution in [2.45, 2.75) is 31.8 Å². The molecule has 0 aliphatic heterocycles. The summed E-state index contributed by atoms with van der Waals surface area (Å²) in [6.45, 7) is 1.23. The third-order valence-corrected chi connectivity index (χ3v) is 4.85. The topological polar surface area (TPSA) is 95.5 Å². The van der Waals surface area contributed by atoms with E-state index < -0.39 is 35.7 Å². The van der Waals surface area contributed by atoms with E-state index in [0.717, 1.165) is 4.47 Å². The fourth-order valence-electron chi connectivity index (χ4n) is 2.69. The minimum Gasteiger partial charge on any atom is -0.480 e. The Morgan fingerprint density at radius 1 is 0.964 bits per heavy atom. The Balaban J connectivity index is 2.17. The molecule has 2 atom stereocenters. The number of hydrogen-bond acceptors (Lipinski definition) is 3. The van der Waals surface area contributed by atoms with E-state index in [1.54, 1.807) is 30.3 Å². The molecule has 0 aliphatic carbocycles. The fourth-order valence-corrected chi connectivity index (χ4v) is 3.14. The maximum absolute atomic E-state index is 13.9. The van der Waals surface area contributed by atoms with Crippen LogP contribution in [0.1, 0.15) is 18.1 Å². The number of benzene rings is 2. The maximum atomic E-state index is 13.9. The summed E-state index contributed by atoms with van der Waals surface area (Å²) >= 11 is 3.35. The third-order valence-electron chi connectivity index (χ3n) is 4.07. The largest absolute Gasteiger partial charge is 0.480 e. The van der Waals surface area contributed by atoms with Crippen molar-refractivity contribution in [2.75, 3.05) is 0 Å². The summed E-state index contributed by atoms with van der Waals surface area (Å²) in [5, 5.41) is 14.4. The summed E-state index contributed by atoms with van der Waals surface area (Å²) in [5.74, 6) is -2.89. The zero-order valence-electron chi connectivity index (χ0n) is 15.1. The molecule has 0 aliphatic rings. The van der Waals surface area contributed by atoms with Crippen LogP contribution in [-0.2, 0) is 27.2 Å². The number of halogens is 2. The molecule has 2 rings (SSSR count). The Bertz CT molecular complexity index is 875. The van der Waals surface area contributed by atoms with Gasteiger partial charge in [0.25, 0.3) is 0 Å². The molecule has 6 nitrogen and oxygen atoms in total. The van der Waals surface area contributed by atoms with Crippen molar-refractivity contribution in [1.29, 1.82) is 0 Å². The first-order valence-electron chi connectivity index (χ1n) is 8.55. The van der Waals surface area contributed by atoms with E-state index >= 15 is 0 Å². The van der Waals surface area contributed by atoms with Crippen molar-refractivity contribution < 1.29 is 23.9 Å². The Labute approximate surface area is 170 Å². The summed E-state index contributed by atoms with van der Waals surface area (Å²) in [4.78, 5) is 35.8. The molecule has 0 radical (unpaired) electrons. The molecule has 2 aromatic carbocycles. The van der Waals surface area contributed by atoms with Crippen molar-refractivity contribution in [3.8, 4) is 0 Å². The van der Waals surface area contributed by atoms with Crippen molar-refractivity contribution >= 4 is 33.7 Å². The van der Waals surface area contributed by atoms with Crippen LogP contribution in [0, 0.1) is 5.82 Å². The van der Waals surface area contributed by atoms with Crippen LogP contribution in [0.4, 0.5) is 4.39 Å². The van der Waals surface area contributed by atoms with Gasteiger partial charge in [0.05, 0.1) is 0 Å². The second-order valence-electron chi connectivity index (χ2n) is 6.24. The molecule has 0 saturated heterocycles. The first-order valence-corrected chi connectivity index (χ1v) is 9.34. The van der Waals surface area contributed by atoms with Crippen molar-refractivity contribution in [3.05, 3.63) is 69.9 Å². The zero-order chi connectivity index (χ0) is 20.7. The number of carbonyl (C=O) groups excluding carboxylic acids is 2.